The molecule has 0 unspecified atom stereocenters. The van der Waals surface area contributed by atoms with Gasteiger partial charge in [-0.25, -0.2) is 14.5 Å². The van der Waals surface area contributed by atoms with Crippen LogP contribution in [0.5, 0.6) is 0 Å². The van der Waals surface area contributed by atoms with Crippen LogP contribution in [0.3, 0.4) is 0 Å². The molecular weight excluding hydrogens is 368 g/mol. The highest BCUT2D eigenvalue weighted by molar-refractivity contribution is 6.00. The highest BCUT2D eigenvalue weighted by Crippen LogP contribution is 2.32. The van der Waals surface area contributed by atoms with Crippen molar-refractivity contribution in [2.75, 3.05) is 4.90 Å². The zero-order chi connectivity index (χ0) is 20.4. The summed E-state index contributed by atoms with van der Waals surface area (Å²) in [4.78, 5) is 31.1. The van der Waals surface area contributed by atoms with E-state index in [1.807, 2.05) is 43.3 Å². The minimum absolute atomic E-state index is 0.0390. The molecule has 1 aliphatic heterocycles. The number of para-hydroxylation sites is 1. The molecule has 148 valence electrons. The van der Waals surface area contributed by atoms with Gasteiger partial charge in [0.2, 0.25) is 0 Å². The Kier molecular flexibility index (Phi) is 5.12. The Morgan fingerprint density at radius 1 is 1.17 bits per heavy atom. The molecule has 7 nitrogen and oxygen atoms in total. The van der Waals surface area contributed by atoms with Gasteiger partial charge in [-0.2, -0.15) is 5.10 Å². The number of anilines is 1. The Bertz CT molecular complexity index is 1010. The summed E-state index contributed by atoms with van der Waals surface area (Å²) in [5, 5.41) is 4.06. The van der Waals surface area contributed by atoms with Gasteiger partial charge in [0.15, 0.2) is 6.10 Å². The molecule has 1 aromatic heterocycles. The minimum Gasteiger partial charge on any atom is -0.449 e. The van der Waals surface area contributed by atoms with E-state index < -0.39 is 12.1 Å². The number of rotatable bonds is 5. The van der Waals surface area contributed by atoms with Crippen molar-refractivity contribution in [3.05, 3.63) is 77.9 Å². The molecule has 0 saturated carbocycles. The first-order valence-electron chi connectivity index (χ1n) is 9.56. The van der Waals surface area contributed by atoms with Crippen LogP contribution in [0.25, 0.3) is 0 Å². The van der Waals surface area contributed by atoms with E-state index in [4.69, 9.17) is 4.74 Å². The lowest BCUT2D eigenvalue weighted by atomic mass is 10.1. The molecule has 0 N–H and O–H groups in total. The van der Waals surface area contributed by atoms with Gasteiger partial charge in [0.05, 0.1) is 12.1 Å². The third-order valence-electron chi connectivity index (χ3n) is 5.08. The third kappa shape index (κ3) is 3.89. The predicted octanol–water partition coefficient (Wildman–Crippen LogP) is 2.85. The Hall–Kier alpha value is -3.48. The molecule has 2 aromatic carbocycles. The maximum Gasteiger partial charge on any atom is 0.338 e. The van der Waals surface area contributed by atoms with Crippen molar-refractivity contribution in [1.82, 2.24) is 14.8 Å². The summed E-state index contributed by atoms with van der Waals surface area (Å²) in [6.45, 7) is 4.18. The molecule has 2 heterocycles. The summed E-state index contributed by atoms with van der Waals surface area (Å²) in [6, 6.07) is 14.9. The minimum atomic E-state index is -0.870. The largest absolute Gasteiger partial charge is 0.449 e. The third-order valence-corrected chi connectivity index (χ3v) is 5.08. The molecule has 7 heteroatoms. The van der Waals surface area contributed by atoms with Crippen LogP contribution in [0.4, 0.5) is 5.69 Å². The first kappa shape index (κ1) is 18.9. The lowest BCUT2D eigenvalue weighted by Crippen LogP contribution is -2.43. The molecule has 0 radical (unpaired) electrons. The number of esters is 1. The van der Waals surface area contributed by atoms with Crippen molar-refractivity contribution in [2.24, 2.45) is 0 Å². The second-order valence-electron chi connectivity index (χ2n) is 7.23. The maximum absolute atomic E-state index is 13.0. The first-order valence-corrected chi connectivity index (χ1v) is 9.56. The maximum atomic E-state index is 13.0. The number of hydrogen-bond acceptors (Lipinski definition) is 5. The Morgan fingerprint density at radius 2 is 1.93 bits per heavy atom. The van der Waals surface area contributed by atoms with E-state index in [0.717, 1.165) is 23.2 Å². The number of ether oxygens (including phenoxy) is 1. The van der Waals surface area contributed by atoms with Crippen LogP contribution < -0.4 is 4.90 Å². The monoisotopic (exact) mass is 390 g/mol. The van der Waals surface area contributed by atoms with Crippen LogP contribution in [0.2, 0.25) is 0 Å². The summed E-state index contributed by atoms with van der Waals surface area (Å²) < 4.78 is 7.16. The zero-order valence-corrected chi connectivity index (χ0v) is 16.4. The summed E-state index contributed by atoms with van der Waals surface area (Å²) >= 11 is 0. The number of fused-ring (bicyclic) bond motifs is 1. The molecule has 3 aromatic rings. The Labute approximate surface area is 168 Å². The van der Waals surface area contributed by atoms with E-state index in [1.54, 1.807) is 35.0 Å². The van der Waals surface area contributed by atoms with Crippen LogP contribution in [0, 0.1) is 0 Å². The average molecular weight is 390 g/mol. The molecular formula is C22H22N4O3. The SMILES string of the molecule is C[C@H](OC(=O)c1ccc(Cn2cncn2)cc1)C(=O)N1c2ccccc2C[C@H]1C. The molecule has 1 amide bonds. The van der Waals surface area contributed by atoms with Gasteiger partial charge in [-0.05, 0) is 49.6 Å². The van der Waals surface area contributed by atoms with E-state index in [-0.39, 0.29) is 11.9 Å². The molecule has 4 rings (SSSR count). The topological polar surface area (TPSA) is 77.3 Å². The molecule has 29 heavy (non-hydrogen) atoms. The molecule has 1 aliphatic rings. The number of amides is 1. The van der Waals surface area contributed by atoms with Gasteiger partial charge in [-0.15, -0.1) is 0 Å². The Balaban J connectivity index is 1.41. The summed E-state index contributed by atoms with van der Waals surface area (Å²) in [5.74, 6) is -0.725. The lowest BCUT2D eigenvalue weighted by molar-refractivity contribution is -0.126. The van der Waals surface area contributed by atoms with E-state index in [1.165, 1.54) is 6.33 Å². The number of carbonyl (C=O) groups excluding carboxylic acids is 2. The number of nitrogens with zero attached hydrogens (tertiary/aromatic N) is 4. The standard InChI is InChI=1S/C22H22N4O3/c1-15-11-19-5-3-4-6-20(19)26(15)21(27)16(2)29-22(28)18-9-7-17(8-10-18)12-25-14-23-13-24-25/h3-10,13-16H,11-12H2,1-2H3/t15-,16+/m1/s1. The highest BCUT2D eigenvalue weighted by Gasteiger charge is 2.34. The van der Waals surface area contributed by atoms with E-state index in [9.17, 15) is 9.59 Å². The van der Waals surface area contributed by atoms with Gasteiger partial charge in [-0.3, -0.25) is 4.79 Å². The van der Waals surface area contributed by atoms with Crippen molar-refractivity contribution in [3.63, 3.8) is 0 Å². The number of hydrogen-bond donors (Lipinski definition) is 0. The zero-order valence-electron chi connectivity index (χ0n) is 16.4. The van der Waals surface area contributed by atoms with E-state index in [2.05, 4.69) is 10.1 Å². The van der Waals surface area contributed by atoms with Crippen molar-refractivity contribution >= 4 is 17.6 Å². The van der Waals surface area contributed by atoms with E-state index in [0.29, 0.717) is 12.1 Å². The van der Waals surface area contributed by atoms with E-state index >= 15 is 0 Å². The smallest absolute Gasteiger partial charge is 0.338 e. The van der Waals surface area contributed by atoms with Gasteiger partial charge in [0.1, 0.15) is 12.7 Å². The average Bonchev–Trinajstić information content (AvgIpc) is 3.34. The number of benzene rings is 2. The van der Waals surface area contributed by atoms with Gasteiger partial charge in [0.25, 0.3) is 5.91 Å². The number of carbonyl (C=O) groups is 2. The number of aromatic nitrogens is 3. The first-order chi connectivity index (χ1) is 14.0. The second-order valence-corrected chi connectivity index (χ2v) is 7.23. The molecule has 0 fully saturated rings. The second kappa shape index (κ2) is 7.87. The molecule has 2 atom stereocenters. The molecule has 0 bridgehead atoms. The highest BCUT2D eigenvalue weighted by atomic mass is 16.5. The fourth-order valence-corrected chi connectivity index (χ4v) is 3.62. The summed E-state index contributed by atoms with van der Waals surface area (Å²) in [6.07, 6.45) is 3.04. The summed E-state index contributed by atoms with van der Waals surface area (Å²) in [5.41, 5.74) is 3.42. The van der Waals surface area contributed by atoms with Crippen LogP contribution in [0.15, 0.2) is 61.2 Å². The van der Waals surface area contributed by atoms with Crippen LogP contribution in [-0.2, 0) is 22.5 Å². The van der Waals surface area contributed by atoms with Crippen molar-refractivity contribution < 1.29 is 14.3 Å². The fraction of sp³-hybridized carbons (Fsp3) is 0.273. The fourth-order valence-electron chi connectivity index (χ4n) is 3.62. The van der Waals surface area contributed by atoms with Crippen molar-refractivity contribution in [2.45, 2.75) is 39.0 Å². The van der Waals surface area contributed by atoms with Crippen LogP contribution >= 0.6 is 0 Å². The van der Waals surface area contributed by atoms with Crippen LogP contribution in [0.1, 0.15) is 35.3 Å². The van der Waals surface area contributed by atoms with Crippen LogP contribution in [-0.4, -0.2) is 38.8 Å². The van der Waals surface area contributed by atoms with Gasteiger partial charge in [0, 0.05) is 11.7 Å². The molecule has 0 saturated heterocycles. The Morgan fingerprint density at radius 3 is 2.66 bits per heavy atom. The summed E-state index contributed by atoms with van der Waals surface area (Å²) in [7, 11) is 0. The predicted molar refractivity (Wildman–Crippen MR) is 108 cm³/mol. The van der Waals surface area contributed by atoms with Gasteiger partial charge >= 0.3 is 5.97 Å². The molecule has 0 aliphatic carbocycles. The van der Waals surface area contributed by atoms with Crippen molar-refractivity contribution in [1.29, 1.82) is 0 Å². The quantitative estimate of drug-likeness (QED) is 0.626. The van der Waals surface area contributed by atoms with Crippen molar-refractivity contribution in [3.8, 4) is 0 Å². The normalized spacial score (nSPS) is 16.3. The van der Waals surface area contributed by atoms with Gasteiger partial charge < -0.3 is 9.64 Å². The molecule has 0 spiro atoms. The lowest BCUT2D eigenvalue weighted by Gasteiger charge is -2.26. The van der Waals surface area contributed by atoms with Gasteiger partial charge in [-0.1, -0.05) is 30.3 Å².